The van der Waals surface area contributed by atoms with E-state index in [-0.39, 0.29) is 12.3 Å². The summed E-state index contributed by atoms with van der Waals surface area (Å²) < 4.78 is 10.6. The van der Waals surface area contributed by atoms with Gasteiger partial charge in [0.1, 0.15) is 16.9 Å². The summed E-state index contributed by atoms with van der Waals surface area (Å²) >= 11 is 0. The molecule has 5 nitrogen and oxygen atoms in total. The van der Waals surface area contributed by atoms with Crippen LogP contribution >= 0.6 is 0 Å². The zero-order valence-corrected chi connectivity index (χ0v) is 14.0. The summed E-state index contributed by atoms with van der Waals surface area (Å²) in [7, 11) is 1.59. The molecule has 0 bridgehead atoms. The molecule has 23 heavy (non-hydrogen) atoms. The van der Waals surface area contributed by atoms with Crippen molar-refractivity contribution >= 4 is 16.9 Å². The van der Waals surface area contributed by atoms with Gasteiger partial charge in [0.25, 0.3) is 0 Å². The van der Waals surface area contributed by atoms with Gasteiger partial charge in [0.05, 0.1) is 25.9 Å². The first kappa shape index (κ1) is 16.9. The van der Waals surface area contributed by atoms with Gasteiger partial charge in [0.2, 0.25) is 5.91 Å². The maximum absolute atomic E-state index is 12.3. The van der Waals surface area contributed by atoms with Gasteiger partial charge in [0.15, 0.2) is 0 Å². The first-order chi connectivity index (χ1) is 10.9. The fourth-order valence-corrected chi connectivity index (χ4v) is 2.79. The first-order valence-corrected chi connectivity index (χ1v) is 7.63. The van der Waals surface area contributed by atoms with E-state index < -0.39 is 5.54 Å². The first-order valence-electron chi connectivity index (χ1n) is 7.63. The van der Waals surface area contributed by atoms with Gasteiger partial charge in [-0.2, -0.15) is 5.26 Å². The number of hydrogen-bond acceptors (Lipinski definition) is 4. The Morgan fingerprint density at radius 3 is 2.83 bits per heavy atom. The Bertz CT molecular complexity index is 742. The van der Waals surface area contributed by atoms with Crippen LogP contribution in [0.3, 0.4) is 0 Å². The van der Waals surface area contributed by atoms with Crippen molar-refractivity contribution in [3.05, 3.63) is 30.0 Å². The topological polar surface area (TPSA) is 75.3 Å². The molecule has 0 unspecified atom stereocenters. The highest BCUT2D eigenvalue weighted by Gasteiger charge is 2.27. The minimum atomic E-state index is -0.853. The third-order valence-corrected chi connectivity index (χ3v) is 3.69. The van der Waals surface area contributed by atoms with Gasteiger partial charge >= 0.3 is 0 Å². The molecule has 1 aromatic carbocycles. The van der Waals surface area contributed by atoms with Crippen molar-refractivity contribution in [2.75, 3.05) is 7.11 Å². The maximum atomic E-state index is 12.3. The summed E-state index contributed by atoms with van der Waals surface area (Å²) in [5, 5.41) is 13.1. The van der Waals surface area contributed by atoms with Crippen molar-refractivity contribution in [2.45, 2.75) is 39.2 Å². The number of carbonyl (C=O) groups excluding carboxylic acids is 1. The van der Waals surface area contributed by atoms with Gasteiger partial charge in [-0.3, -0.25) is 4.79 Å². The lowest BCUT2D eigenvalue weighted by Crippen LogP contribution is -2.46. The lowest BCUT2D eigenvalue weighted by Gasteiger charge is -2.25. The lowest BCUT2D eigenvalue weighted by molar-refractivity contribution is -0.121. The summed E-state index contributed by atoms with van der Waals surface area (Å²) in [6.07, 6.45) is 2.36. The highest BCUT2D eigenvalue weighted by Crippen LogP contribution is 2.26. The van der Waals surface area contributed by atoms with E-state index in [0.29, 0.717) is 23.7 Å². The van der Waals surface area contributed by atoms with Crippen LogP contribution in [0.25, 0.3) is 11.0 Å². The van der Waals surface area contributed by atoms with E-state index >= 15 is 0 Å². The average molecular weight is 314 g/mol. The normalized spacial score (nSPS) is 13.6. The Kier molecular flexibility index (Phi) is 4.95. The third-order valence-electron chi connectivity index (χ3n) is 3.69. The predicted molar refractivity (Wildman–Crippen MR) is 88.1 cm³/mol. The monoisotopic (exact) mass is 314 g/mol. The second-order valence-electron chi connectivity index (χ2n) is 6.39. The van der Waals surface area contributed by atoms with E-state index in [1.165, 1.54) is 0 Å². The fourth-order valence-electron chi connectivity index (χ4n) is 2.79. The molecule has 122 valence electrons. The summed E-state index contributed by atoms with van der Waals surface area (Å²) in [5.74, 6) is 0.840. The smallest absolute Gasteiger partial charge is 0.225 e. The second kappa shape index (κ2) is 6.74. The van der Waals surface area contributed by atoms with Crippen LogP contribution in [0, 0.1) is 17.2 Å². The van der Waals surface area contributed by atoms with Crippen LogP contribution < -0.4 is 10.1 Å². The Labute approximate surface area is 136 Å². The van der Waals surface area contributed by atoms with E-state index in [1.54, 1.807) is 26.4 Å². The van der Waals surface area contributed by atoms with Gasteiger partial charge in [-0.15, -0.1) is 0 Å². The summed E-state index contributed by atoms with van der Waals surface area (Å²) in [6, 6.07) is 7.69. The number of carbonyl (C=O) groups is 1. The molecule has 1 atom stereocenters. The van der Waals surface area contributed by atoms with Crippen molar-refractivity contribution < 1.29 is 13.9 Å². The van der Waals surface area contributed by atoms with Crippen molar-refractivity contribution in [1.29, 1.82) is 5.26 Å². The van der Waals surface area contributed by atoms with Crippen LogP contribution in [0.5, 0.6) is 5.75 Å². The van der Waals surface area contributed by atoms with Gasteiger partial charge < -0.3 is 14.5 Å². The molecule has 1 heterocycles. The second-order valence-corrected chi connectivity index (χ2v) is 6.39. The Morgan fingerprint density at radius 2 is 2.22 bits per heavy atom. The number of methoxy groups -OCH3 is 1. The van der Waals surface area contributed by atoms with Crippen LogP contribution in [0.1, 0.15) is 32.8 Å². The SMILES string of the molecule is COc1ccc2c(CC(=O)N[C@](C)(C#N)CC(C)C)coc2c1. The number of fused-ring (bicyclic) bond motifs is 1. The van der Waals surface area contributed by atoms with Crippen LogP contribution in [-0.2, 0) is 11.2 Å². The van der Waals surface area contributed by atoms with Crippen molar-refractivity contribution in [3.63, 3.8) is 0 Å². The van der Waals surface area contributed by atoms with Crippen LogP contribution in [-0.4, -0.2) is 18.6 Å². The molecule has 5 heteroatoms. The maximum Gasteiger partial charge on any atom is 0.225 e. The molecule has 0 saturated heterocycles. The number of furan rings is 1. The van der Waals surface area contributed by atoms with Crippen molar-refractivity contribution in [2.24, 2.45) is 5.92 Å². The highest BCUT2D eigenvalue weighted by molar-refractivity contribution is 5.88. The number of ether oxygens (including phenoxy) is 1. The molecule has 0 fully saturated rings. The molecule has 1 N–H and O–H groups in total. The van der Waals surface area contributed by atoms with E-state index in [2.05, 4.69) is 11.4 Å². The average Bonchev–Trinajstić information content (AvgIpc) is 2.88. The Morgan fingerprint density at radius 1 is 1.48 bits per heavy atom. The molecule has 0 aliphatic rings. The van der Waals surface area contributed by atoms with E-state index in [1.807, 2.05) is 26.0 Å². The molecule has 0 aliphatic heterocycles. The summed E-state index contributed by atoms with van der Waals surface area (Å²) in [5.41, 5.74) is 0.621. The number of benzene rings is 1. The van der Waals surface area contributed by atoms with Crippen LogP contribution in [0.15, 0.2) is 28.9 Å². The van der Waals surface area contributed by atoms with E-state index in [9.17, 15) is 10.1 Å². The van der Waals surface area contributed by atoms with Crippen molar-refractivity contribution in [1.82, 2.24) is 5.32 Å². The standard InChI is InChI=1S/C18H22N2O3/c1-12(2)9-18(3,11-19)20-17(21)7-13-10-23-16-8-14(22-4)5-6-15(13)16/h5-6,8,10,12H,7,9H2,1-4H3,(H,20,21)/t18-/m0/s1. The number of hydrogen-bond donors (Lipinski definition) is 1. The van der Waals surface area contributed by atoms with Gasteiger partial charge in [0, 0.05) is 17.0 Å². The van der Waals surface area contributed by atoms with Crippen LogP contribution in [0.4, 0.5) is 0 Å². The number of nitrogens with one attached hydrogen (secondary N) is 1. The van der Waals surface area contributed by atoms with Gasteiger partial charge in [-0.05, 0) is 31.4 Å². The van der Waals surface area contributed by atoms with Gasteiger partial charge in [-0.1, -0.05) is 13.8 Å². The molecular formula is C18H22N2O3. The zero-order valence-electron chi connectivity index (χ0n) is 14.0. The van der Waals surface area contributed by atoms with Gasteiger partial charge in [-0.25, -0.2) is 0 Å². The minimum absolute atomic E-state index is 0.175. The third kappa shape index (κ3) is 4.04. The number of nitriles is 1. The molecule has 0 saturated carbocycles. The zero-order chi connectivity index (χ0) is 17.0. The van der Waals surface area contributed by atoms with Crippen molar-refractivity contribution in [3.8, 4) is 11.8 Å². The highest BCUT2D eigenvalue weighted by atomic mass is 16.5. The molecule has 2 aromatic rings. The number of rotatable bonds is 6. The summed E-state index contributed by atoms with van der Waals surface area (Å²) in [6.45, 7) is 5.81. The predicted octanol–water partition coefficient (Wildman–Crippen LogP) is 3.43. The molecule has 1 aromatic heterocycles. The molecule has 0 spiro atoms. The molecular weight excluding hydrogens is 292 g/mol. The minimum Gasteiger partial charge on any atom is -0.497 e. The Hall–Kier alpha value is -2.48. The molecule has 2 rings (SSSR count). The summed E-state index contributed by atoms with van der Waals surface area (Å²) in [4.78, 5) is 12.3. The molecule has 0 radical (unpaired) electrons. The quantitative estimate of drug-likeness (QED) is 0.886. The van der Waals surface area contributed by atoms with E-state index in [0.717, 1.165) is 10.9 Å². The molecule has 1 amide bonds. The number of nitrogens with zero attached hydrogens (tertiary/aromatic N) is 1. The van der Waals surface area contributed by atoms with E-state index in [4.69, 9.17) is 9.15 Å². The number of amides is 1. The van der Waals surface area contributed by atoms with Crippen LogP contribution in [0.2, 0.25) is 0 Å². The largest absolute Gasteiger partial charge is 0.497 e. The lowest BCUT2D eigenvalue weighted by atomic mass is 9.92. The fraction of sp³-hybridized carbons (Fsp3) is 0.444. The molecule has 0 aliphatic carbocycles. The Balaban J connectivity index is 2.13.